The monoisotopic (exact) mass is 512 g/mol. The van der Waals surface area contributed by atoms with Crippen LogP contribution in [0.5, 0.6) is 5.75 Å². The van der Waals surface area contributed by atoms with Gasteiger partial charge in [-0.15, -0.1) is 0 Å². The Labute approximate surface area is 215 Å². The first-order valence-corrected chi connectivity index (χ1v) is 12.1. The lowest BCUT2D eigenvalue weighted by Gasteiger charge is -2.32. The summed E-state index contributed by atoms with van der Waals surface area (Å²) >= 11 is 6.17. The van der Waals surface area contributed by atoms with Crippen LogP contribution in [0.4, 0.5) is 9.18 Å². The highest BCUT2D eigenvalue weighted by Crippen LogP contribution is 2.36. The Kier molecular flexibility index (Phi) is 6.88. The van der Waals surface area contributed by atoms with Gasteiger partial charge >= 0.3 is 6.09 Å². The zero-order valence-electron chi connectivity index (χ0n) is 21.4. The number of nitrogens with zero attached hydrogens (tertiary/aromatic N) is 2. The smallest absolute Gasteiger partial charge is 0.410 e. The number of pyridine rings is 1. The lowest BCUT2D eigenvalue weighted by atomic mass is 9.98. The van der Waals surface area contributed by atoms with Crippen LogP contribution in [0.25, 0.3) is 16.8 Å². The van der Waals surface area contributed by atoms with Crippen molar-refractivity contribution in [1.82, 2.24) is 9.47 Å². The van der Waals surface area contributed by atoms with Gasteiger partial charge in [-0.3, -0.25) is 9.36 Å². The van der Waals surface area contributed by atoms with Gasteiger partial charge < -0.3 is 14.4 Å². The minimum absolute atomic E-state index is 0.260. The van der Waals surface area contributed by atoms with E-state index in [9.17, 15) is 9.59 Å². The maximum absolute atomic E-state index is 15.6. The molecule has 2 heterocycles. The Hall–Kier alpha value is -3.32. The first-order chi connectivity index (χ1) is 16.9. The fourth-order valence-electron chi connectivity index (χ4n) is 4.49. The number of hydrogen-bond donors (Lipinski definition) is 0. The Bertz CT molecular complexity index is 1410. The molecule has 0 aliphatic carbocycles. The molecule has 0 atom stereocenters. The van der Waals surface area contributed by atoms with Crippen LogP contribution in [0.15, 0.2) is 41.2 Å². The highest BCUT2D eigenvalue weighted by molar-refractivity contribution is 6.30. The number of carbonyl (C=O) groups excluding carboxylic acids is 1. The maximum Gasteiger partial charge on any atom is 0.410 e. The second kappa shape index (κ2) is 9.62. The zero-order valence-corrected chi connectivity index (χ0v) is 22.1. The van der Waals surface area contributed by atoms with E-state index >= 15 is 4.39 Å². The van der Waals surface area contributed by atoms with Gasteiger partial charge in [0.25, 0.3) is 5.56 Å². The first kappa shape index (κ1) is 25.8. The van der Waals surface area contributed by atoms with Gasteiger partial charge in [0.2, 0.25) is 0 Å². The van der Waals surface area contributed by atoms with Crippen LogP contribution >= 0.6 is 11.6 Å². The largest absolute Gasteiger partial charge is 0.495 e. The van der Waals surface area contributed by atoms with Gasteiger partial charge in [0.05, 0.1) is 19.3 Å². The number of methoxy groups -OCH3 is 1. The van der Waals surface area contributed by atoms with E-state index in [2.05, 4.69) is 0 Å². The standard InChI is InChI=1S/C28H30ClFN2O4/c1-16-7-8-19(29)12-20(16)21-13-25(35-6)24(14-22(21)30)32-23-9-10-31(27(34)36-28(3,4)5)15-18(23)11-17(2)26(32)33/h7-8,11-14H,9-10,15H2,1-6H3. The van der Waals surface area contributed by atoms with Gasteiger partial charge in [0.15, 0.2) is 0 Å². The molecular weight excluding hydrogens is 483 g/mol. The molecule has 0 fully saturated rings. The summed E-state index contributed by atoms with van der Waals surface area (Å²) in [6, 6.07) is 10.0. The maximum atomic E-state index is 15.6. The van der Waals surface area contributed by atoms with Gasteiger partial charge in [-0.2, -0.15) is 0 Å². The number of amides is 1. The van der Waals surface area contributed by atoms with Gasteiger partial charge in [-0.1, -0.05) is 17.7 Å². The van der Waals surface area contributed by atoms with E-state index in [0.717, 1.165) is 16.8 Å². The van der Waals surface area contributed by atoms with Gasteiger partial charge in [0.1, 0.15) is 17.2 Å². The van der Waals surface area contributed by atoms with Crippen molar-refractivity contribution in [2.75, 3.05) is 13.7 Å². The van der Waals surface area contributed by atoms with E-state index in [0.29, 0.717) is 46.1 Å². The summed E-state index contributed by atoms with van der Waals surface area (Å²) < 4.78 is 28.2. The minimum Gasteiger partial charge on any atom is -0.495 e. The molecule has 0 unspecified atom stereocenters. The van der Waals surface area contributed by atoms with Gasteiger partial charge in [0, 0.05) is 40.9 Å². The molecule has 1 aliphatic rings. The highest BCUT2D eigenvalue weighted by Gasteiger charge is 2.29. The zero-order chi connectivity index (χ0) is 26.4. The number of carbonyl (C=O) groups is 1. The summed E-state index contributed by atoms with van der Waals surface area (Å²) in [4.78, 5) is 27.6. The van der Waals surface area contributed by atoms with E-state index in [1.807, 2.05) is 33.8 Å². The van der Waals surface area contributed by atoms with Gasteiger partial charge in [-0.05, 0) is 75.6 Å². The molecule has 0 N–H and O–H groups in total. The Balaban J connectivity index is 1.83. The quantitative estimate of drug-likeness (QED) is 0.418. The first-order valence-electron chi connectivity index (χ1n) is 11.8. The molecule has 8 heteroatoms. The summed E-state index contributed by atoms with van der Waals surface area (Å²) in [5.41, 5.74) is 3.30. The topological polar surface area (TPSA) is 60.8 Å². The van der Waals surface area contributed by atoms with Crippen molar-refractivity contribution in [3.63, 3.8) is 0 Å². The van der Waals surface area contributed by atoms with E-state index in [1.54, 1.807) is 36.1 Å². The molecule has 1 aromatic heterocycles. The number of benzene rings is 2. The fraction of sp³-hybridized carbons (Fsp3) is 0.357. The average molecular weight is 513 g/mol. The lowest BCUT2D eigenvalue weighted by molar-refractivity contribution is 0.0222. The lowest BCUT2D eigenvalue weighted by Crippen LogP contribution is -2.42. The van der Waals surface area contributed by atoms with Crippen LogP contribution in [-0.4, -0.2) is 34.8 Å². The molecule has 2 aromatic carbocycles. The van der Waals surface area contributed by atoms with Crippen LogP contribution in [0.2, 0.25) is 5.02 Å². The number of aryl methyl sites for hydroxylation is 2. The Morgan fingerprint density at radius 2 is 1.78 bits per heavy atom. The molecule has 4 rings (SSSR count). The minimum atomic E-state index is -0.611. The third-order valence-corrected chi connectivity index (χ3v) is 6.44. The molecule has 190 valence electrons. The molecule has 6 nitrogen and oxygen atoms in total. The summed E-state index contributed by atoms with van der Waals surface area (Å²) in [7, 11) is 1.49. The van der Waals surface area contributed by atoms with Crippen LogP contribution in [0.1, 0.15) is 43.2 Å². The second-order valence-corrected chi connectivity index (χ2v) is 10.5. The molecule has 0 spiro atoms. The normalized spacial score (nSPS) is 13.4. The van der Waals surface area contributed by atoms with E-state index in [1.165, 1.54) is 17.7 Å². The molecule has 1 aliphatic heterocycles. The third-order valence-electron chi connectivity index (χ3n) is 6.20. The van der Waals surface area contributed by atoms with Crippen LogP contribution < -0.4 is 10.3 Å². The molecule has 36 heavy (non-hydrogen) atoms. The van der Waals surface area contributed by atoms with Crippen molar-refractivity contribution in [3.05, 3.63) is 80.0 Å². The number of ether oxygens (including phenoxy) is 2. The van der Waals surface area contributed by atoms with Crippen molar-refractivity contribution in [3.8, 4) is 22.6 Å². The number of aromatic nitrogens is 1. The van der Waals surface area contributed by atoms with Crippen molar-refractivity contribution < 1.29 is 18.7 Å². The summed E-state index contributed by atoms with van der Waals surface area (Å²) in [5.74, 6) is -0.139. The van der Waals surface area contributed by atoms with Crippen LogP contribution in [-0.2, 0) is 17.7 Å². The van der Waals surface area contributed by atoms with Crippen molar-refractivity contribution in [2.45, 2.75) is 53.2 Å². The van der Waals surface area contributed by atoms with Crippen molar-refractivity contribution in [1.29, 1.82) is 0 Å². The average Bonchev–Trinajstić information content (AvgIpc) is 2.80. The molecule has 0 radical (unpaired) electrons. The Morgan fingerprint density at radius 1 is 1.06 bits per heavy atom. The number of fused-ring (bicyclic) bond motifs is 1. The van der Waals surface area contributed by atoms with E-state index < -0.39 is 17.5 Å². The molecule has 0 bridgehead atoms. The van der Waals surface area contributed by atoms with Crippen molar-refractivity contribution >= 4 is 17.7 Å². The van der Waals surface area contributed by atoms with Crippen LogP contribution in [0.3, 0.4) is 0 Å². The highest BCUT2D eigenvalue weighted by atomic mass is 35.5. The number of halogens is 2. The van der Waals surface area contributed by atoms with E-state index in [-0.39, 0.29) is 12.1 Å². The summed E-state index contributed by atoms with van der Waals surface area (Å²) in [6.45, 7) is 9.70. The predicted octanol–water partition coefficient (Wildman–Crippen LogP) is 6.22. The SMILES string of the molecule is COc1cc(-c2cc(Cl)ccc2C)c(F)cc1-n1c2c(cc(C)c1=O)CN(C(=O)OC(C)(C)C)CC2. The second-order valence-electron chi connectivity index (χ2n) is 10.1. The molecule has 3 aromatic rings. The van der Waals surface area contributed by atoms with Crippen LogP contribution in [0, 0.1) is 19.7 Å². The number of hydrogen-bond acceptors (Lipinski definition) is 4. The summed E-state index contributed by atoms with van der Waals surface area (Å²) in [6.07, 6.45) is -0.00210. The van der Waals surface area contributed by atoms with E-state index in [4.69, 9.17) is 21.1 Å². The van der Waals surface area contributed by atoms with Crippen molar-refractivity contribution in [2.24, 2.45) is 0 Å². The van der Waals surface area contributed by atoms with Gasteiger partial charge in [-0.25, -0.2) is 9.18 Å². The molecule has 0 saturated carbocycles. The molecular formula is C28H30ClFN2O4. The molecule has 1 amide bonds. The third kappa shape index (κ3) is 4.98. The predicted molar refractivity (Wildman–Crippen MR) is 139 cm³/mol. The molecule has 0 saturated heterocycles. The number of rotatable bonds is 3. The Morgan fingerprint density at radius 3 is 2.44 bits per heavy atom. The fourth-order valence-corrected chi connectivity index (χ4v) is 4.66. The summed E-state index contributed by atoms with van der Waals surface area (Å²) in [5, 5.41) is 0.497.